The number of hydrogen-bond donors (Lipinski definition) is 0. The summed E-state index contributed by atoms with van der Waals surface area (Å²) in [6.45, 7) is 0.545. The molecular formula is C15H20N2O4S. The first kappa shape index (κ1) is 15.5. The van der Waals surface area contributed by atoms with Gasteiger partial charge in [0, 0.05) is 27.2 Å². The van der Waals surface area contributed by atoms with Gasteiger partial charge in [-0.1, -0.05) is 18.2 Å². The largest absolute Gasteiger partial charge is 0.371 e. The lowest BCUT2D eigenvalue weighted by atomic mass is 9.99. The molecule has 2 aliphatic heterocycles. The molecule has 3 rings (SSSR count). The molecule has 2 fully saturated rings. The van der Waals surface area contributed by atoms with Crippen LogP contribution in [0.2, 0.25) is 0 Å². The van der Waals surface area contributed by atoms with Crippen molar-refractivity contribution in [2.24, 2.45) is 5.92 Å². The minimum absolute atomic E-state index is 0.00598. The summed E-state index contributed by atoms with van der Waals surface area (Å²) in [7, 11) is -0.106. The average molecular weight is 324 g/mol. The van der Waals surface area contributed by atoms with Crippen LogP contribution in [0.1, 0.15) is 6.42 Å². The molecule has 1 aromatic rings. The van der Waals surface area contributed by atoms with Gasteiger partial charge in [0.25, 0.3) is 0 Å². The van der Waals surface area contributed by atoms with Gasteiger partial charge in [-0.15, -0.1) is 0 Å². The van der Waals surface area contributed by atoms with Crippen molar-refractivity contribution in [2.75, 3.05) is 27.2 Å². The van der Waals surface area contributed by atoms with Crippen molar-refractivity contribution in [3.8, 4) is 0 Å². The Labute approximate surface area is 130 Å². The fourth-order valence-corrected chi connectivity index (χ4v) is 4.66. The molecule has 0 saturated carbocycles. The molecule has 0 N–H and O–H groups in total. The third-order valence-corrected chi connectivity index (χ3v) is 6.11. The van der Waals surface area contributed by atoms with Crippen LogP contribution >= 0.6 is 0 Å². The number of benzene rings is 1. The normalized spacial score (nSPS) is 28.5. The Morgan fingerprint density at radius 3 is 2.55 bits per heavy atom. The van der Waals surface area contributed by atoms with Gasteiger partial charge in [-0.3, -0.25) is 4.79 Å². The van der Waals surface area contributed by atoms with Crippen molar-refractivity contribution < 1.29 is 17.9 Å². The van der Waals surface area contributed by atoms with Crippen LogP contribution in [0.15, 0.2) is 35.2 Å². The van der Waals surface area contributed by atoms with Gasteiger partial charge < -0.3 is 9.64 Å². The van der Waals surface area contributed by atoms with Crippen LogP contribution in [-0.4, -0.2) is 62.9 Å². The molecule has 1 amide bonds. The van der Waals surface area contributed by atoms with Crippen LogP contribution < -0.4 is 0 Å². The summed E-state index contributed by atoms with van der Waals surface area (Å²) in [6.07, 6.45) is 0.0287. The molecule has 0 spiro atoms. The molecule has 6 nitrogen and oxygen atoms in total. The van der Waals surface area contributed by atoms with Crippen molar-refractivity contribution >= 4 is 15.9 Å². The number of fused-ring (bicyclic) bond motifs is 2. The zero-order valence-corrected chi connectivity index (χ0v) is 13.5. The van der Waals surface area contributed by atoms with E-state index in [1.807, 2.05) is 0 Å². The zero-order chi connectivity index (χ0) is 15.9. The Kier molecular flexibility index (Phi) is 3.96. The SMILES string of the molecule is CN(C)C(=O)[C@H]1C[C@H]2CN(S(=O)(=O)c3ccccc3)C[C@@H]1O2. The van der Waals surface area contributed by atoms with Gasteiger partial charge in [-0.25, -0.2) is 8.42 Å². The first-order chi connectivity index (χ1) is 10.4. The lowest BCUT2D eigenvalue weighted by Crippen LogP contribution is -2.47. The van der Waals surface area contributed by atoms with E-state index < -0.39 is 10.0 Å². The van der Waals surface area contributed by atoms with E-state index in [4.69, 9.17) is 4.74 Å². The highest BCUT2D eigenvalue weighted by Gasteiger charge is 2.47. The van der Waals surface area contributed by atoms with Crippen LogP contribution in [0.25, 0.3) is 0 Å². The molecular weight excluding hydrogens is 304 g/mol. The van der Waals surface area contributed by atoms with E-state index in [2.05, 4.69) is 0 Å². The van der Waals surface area contributed by atoms with Gasteiger partial charge in [0.2, 0.25) is 15.9 Å². The van der Waals surface area contributed by atoms with E-state index >= 15 is 0 Å². The number of carbonyl (C=O) groups is 1. The number of hydrogen-bond acceptors (Lipinski definition) is 4. The standard InChI is InChI=1S/C15H20N2O4S/c1-16(2)15(18)13-8-11-9-17(10-14(13)21-11)22(19,20)12-6-4-3-5-7-12/h3-7,11,13-14H,8-10H2,1-2H3/t11-,13-,14-/m0/s1. The minimum atomic E-state index is -3.53. The van der Waals surface area contributed by atoms with Gasteiger partial charge in [-0.2, -0.15) is 4.31 Å². The van der Waals surface area contributed by atoms with Crippen molar-refractivity contribution in [2.45, 2.75) is 23.5 Å². The summed E-state index contributed by atoms with van der Waals surface area (Å²) in [5.41, 5.74) is 0. The molecule has 120 valence electrons. The van der Waals surface area contributed by atoms with Crippen LogP contribution in [0.5, 0.6) is 0 Å². The second-order valence-corrected chi connectivity index (χ2v) is 7.94. The first-order valence-electron chi connectivity index (χ1n) is 7.31. The Balaban J connectivity index is 1.81. The summed E-state index contributed by atoms with van der Waals surface area (Å²) in [5.74, 6) is -0.248. The van der Waals surface area contributed by atoms with Gasteiger partial charge in [0.05, 0.1) is 23.0 Å². The van der Waals surface area contributed by atoms with Gasteiger partial charge >= 0.3 is 0 Å². The Hall–Kier alpha value is -1.44. The lowest BCUT2D eigenvalue weighted by molar-refractivity contribution is -0.135. The predicted octanol–water partition coefficient (Wildman–Crippen LogP) is 0.553. The summed E-state index contributed by atoms with van der Waals surface area (Å²) in [5, 5.41) is 0. The van der Waals surface area contributed by atoms with E-state index in [1.165, 1.54) is 4.31 Å². The lowest BCUT2D eigenvalue weighted by Gasteiger charge is -2.32. The van der Waals surface area contributed by atoms with E-state index in [1.54, 1.807) is 49.3 Å². The molecule has 22 heavy (non-hydrogen) atoms. The first-order valence-corrected chi connectivity index (χ1v) is 8.75. The minimum Gasteiger partial charge on any atom is -0.371 e. The maximum Gasteiger partial charge on any atom is 0.243 e. The van der Waals surface area contributed by atoms with Crippen LogP contribution in [-0.2, 0) is 19.6 Å². The molecule has 1 aromatic carbocycles. The monoisotopic (exact) mass is 324 g/mol. The number of rotatable bonds is 3. The highest BCUT2D eigenvalue weighted by molar-refractivity contribution is 7.89. The Morgan fingerprint density at radius 2 is 1.91 bits per heavy atom. The highest BCUT2D eigenvalue weighted by Crippen LogP contribution is 2.35. The number of sulfonamides is 1. The number of morpholine rings is 1. The molecule has 7 heteroatoms. The summed E-state index contributed by atoms with van der Waals surface area (Å²) in [4.78, 5) is 14.0. The summed E-state index contributed by atoms with van der Waals surface area (Å²) < 4.78 is 32.6. The molecule has 2 saturated heterocycles. The Bertz CT molecular complexity index is 659. The third-order valence-electron chi connectivity index (χ3n) is 4.26. The predicted molar refractivity (Wildman–Crippen MR) is 80.7 cm³/mol. The average Bonchev–Trinajstić information content (AvgIpc) is 2.81. The second kappa shape index (κ2) is 5.64. The van der Waals surface area contributed by atoms with Crippen LogP contribution in [0.4, 0.5) is 0 Å². The van der Waals surface area contributed by atoms with Crippen LogP contribution in [0, 0.1) is 5.92 Å². The Morgan fingerprint density at radius 1 is 1.23 bits per heavy atom. The van der Waals surface area contributed by atoms with Crippen molar-refractivity contribution in [1.82, 2.24) is 9.21 Å². The summed E-state index contributed by atoms with van der Waals surface area (Å²) >= 11 is 0. The molecule has 0 aromatic heterocycles. The van der Waals surface area contributed by atoms with E-state index in [0.717, 1.165) is 0 Å². The van der Waals surface area contributed by atoms with Crippen LogP contribution in [0.3, 0.4) is 0 Å². The van der Waals surface area contributed by atoms with Crippen molar-refractivity contribution in [1.29, 1.82) is 0 Å². The van der Waals surface area contributed by atoms with E-state index in [-0.39, 0.29) is 35.5 Å². The number of amides is 1. The van der Waals surface area contributed by atoms with Gasteiger partial charge in [-0.05, 0) is 18.6 Å². The second-order valence-electron chi connectivity index (χ2n) is 6.01. The molecule has 2 heterocycles. The number of ether oxygens (including phenoxy) is 1. The zero-order valence-electron chi connectivity index (χ0n) is 12.7. The van der Waals surface area contributed by atoms with Gasteiger partial charge in [0.15, 0.2) is 0 Å². The topological polar surface area (TPSA) is 66.9 Å². The highest BCUT2D eigenvalue weighted by atomic mass is 32.2. The summed E-state index contributed by atoms with van der Waals surface area (Å²) in [6, 6.07) is 8.39. The maximum atomic E-state index is 12.7. The number of nitrogens with zero attached hydrogens (tertiary/aromatic N) is 2. The molecule has 2 aliphatic rings. The van der Waals surface area contributed by atoms with E-state index in [9.17, 15) is 13.2 Å². The quantitative estimate of drug-likeness (QED) is 0.814. The third kappa shape index (κ3) is 2.64. The molecule has 0 unspecified atom stereocenters. The van der Waals surface area contributed by atoms with Crippen molar-refractivity contribution in [3.05, 3.63) is 30.3 Å². The van der Waals surface area contributed by atoms with Crippen molar-refractivity contribution in [3.63, 3.8) is 0 Å². The fourth-order valence-electron chi connectivity index (χ4n) is 3.15. The molecule has 3 atom stereocenters. The van der Waals surface area contributed by atoms with E-state index in [0.29, 0.717) is 13.0 Å². The fraction of sp³-hybridized carbons (Fsp3) is 0.533. The van der Waals surface area contributed by atoms with Gasteiger partial charge in [0.1, 0.15) is 0 Å². The number of carbonyl (C=O) groups excluding carboxylic acids is 1. The molecule has 0 radical (unpaired) electrons. The maximum absolute atomic E-state index is 12.7. The molecule has 0 aliphatic carbocycles. The smallest absolute Gasteiger partial charge is 0.243 e. The molecule has 2 bridgehead atoms.